The molecule has 5 heteroatoms. The van der Waals surface area contributed by atoms with E-state index in [2.05, 4.69) is 9.97 Å². The number of aryl methyl sites for hydroxylation is 2. The van der Waals surface area contributed by atoms with Crippen LogP contribution in [-0.4, -0.2) is 21.0 Å². The summed E-state index contributed by atoms with van der Waals surface area (Å²) in [6.07, 6.45) is 5.48. The third kappa shape index (κ3) is 2.72. The SMILES string of the molecule is Cc1ccc(Oc2ncnc3c2CCCC3)c(C(=O)O)c1. The van der Waals surface area contributed by atoms with Crippen molar-refractivity contribution in [3.63, 3.8) is 0 Å². The monoisotopic (exact) mass is 284 g/mol. The highest BCUT2D eigenvalue weighted by Gasteiger charge is 2.19. The second-order valence-electron chi connectivity index (χ2n) is 5.22. The molecule has 0 amide bonds. The third-order valence-electron chi connectivity index (χ3n) is 3.66. The fraction of sp³-hybridized carbons (Fsp3) is 0.312. The number of benzene rings is 1. The van der Waals surface area contributed by atoms with Gasteiger partial charge in [0.15, 0.2) is 0 Å². The molecule has 0 unspecified atom stereocenters. The van der Waals surface area contributed by atoms with Gasteiger partial charge in [-0.25, -0.2) is 14.8 Å². The van der Waals surface area contributed by atoms with Crippen LogP contribution in [0.25, 0.3) is 0 Å². The van der Waals surface area contributed by atoms with E-state index in [1.807, 2.05) is 13.0 Å². The van der Waals surface area contributed by atoms with E-state index in [-0.39, 0.29) is 5.56 Å². The summed E-state index contributed by atoms with van der Waals surface area (Å²) < 4.78 is 5.79. The van der Waals surface area contributed by atoms with Crippen LogP contribution < -0.4 is 4.74 Å². The largest absolute Gasteiger partial charge is 0.478 e. The quantitative estimate of drug-likeness (QED) is 0.937. The minimum atomic E-state index is -1.00. The molecule has 5 nitrogen and oxygen atoms in total. The van der Waals surface area contributed by atoms with E-state index in [9.17, 15) is 9.90 Å². The van der Waals surface area contributed by atoms with Crippen molar-refractivity contribution in [2.75, 3.05) is 0 Å². The number of hydrogen-bond donors (Lipinski definition) is 1. The number of hydrogen-bond acceptors (Lipinski definition) is 4. The minimum absolute atomic E-state index is 0.151. The van der Waals surface area contributed by atoms with Crippen LogP contribution >= 0.6 is 0 Å². The van der Waals surface area contributed by atoms with E-state index in [4.69, 9.17) is 4.74 Å². The smallest absolute Gasteiger partial charge is 0.339 e. The van der Waals surface area contributed by atoms with Crippen LogP contribution in [0.2, 0.25) is 0 Å². The lowest BCUT2D eigenvalue weighted by molar-refractivity contribution is 0.0694. The van der Waals surface area contributed by atoms with Crippen molar-refractivity contribution < 1.29 is 14.6 Å². The zero-order valence-electron chi connectivity index (χ0n) is 11.8. The summed E-state index contributed by atoms with van der Waals surface area (Å²) in [6, 6.07) is 5.11. The molecule has 0 radical (unpaired) electrons. The van der Waals surface area contributed by atoms with Gasteiger partial charge in [0.2, 0.25) is 5.88 Å². The molecule has 108 valence electrons. The van der Waals surface area contributed by atoms with Gasteiger partial charge >= 0.3 is 5.97 Å². The van der Waals surface area contributed by atoms with Crippen LogP contribution in [0.15, 0.2) is 24.5 Å². The zero-order valence-corrected chi connectivity index (χ0v) is 11.8. The van der Waals surface area contributed by atoms with Gasteiger partial charge in [-0.05, 0) is 44.7 Å². The summed E-state index contributed by atoms with van der Waals surface area (Å²) in [5, 5.41) is 9.29. The Kier molecular flexibility index (Phi) is 3.56. The molecule has 0 bridgehead atoms. The van der Waals surface area contributed by atoms with Gasteiger partial charge in [-0.15, -0.1) is 0 Å². The first-order chi connectivity index (χ1) is 10.1. The number of rotatable bonds is 3. The van der Waals surface area contributed by atoms with Crippen LogP contribution in [0.5, 0.6) is 11.6 Å². The maximum absolute atomic E-state index is 11.3. The molecule has 1 aromatic heterocycles. The van der Waals surface area contributed by atoms with Gasteiger partial charge in [0, 0.05) is 5.56 Å². The molecule has 0 fully saturated rings. The fourth-order valence-corrected chi connectivity index (χ4v) is 2.58. The van der Waals surface area contributed by atoms with Crippen LogP contribution in [0.4, 0.5) is 0 Å². The molecule has 0 saturated heterocycles. The van der Waals surface area contributed by atoms with E-state index in [0.29, 0.717) is 11.6 Å². The van der Waals surface area contributed by atoms with E-state index < -0.39 is 5.97 Å². The van der Waals surface area contributed by atoms with E-state index in [1.165, 1.54) is 6.33 Å². The van der Waals surface area contributed by atoms with Gasteiger partial charge in [0.05, 0.1) is 5.69 Å². The van der Waals surface area contributed by atoms with Crippen molar-refractivity contribution in [2.45, 2.75) is 32.6 Å². The van der Waals surface area contributed by atoms with Crippen LogP contribution in [0, 0.1) is 6.92 Å². The van der Waals surface area contributed by atoms with E-state index >= 15 is 0 Å². The average molecular weight is 284 g/mol. The maximum atomic E-state index is 11.3. The number of nitrogens with zero attached hydrogens (tertiary/aromatic N) is 2. The van der Waals surface area contributed by atoms with E-state index in [1.54, 1.807) is 12.1 Å². The highest BCUT2D eigenvalue weighted by Crippen LogP contribution is 2.31. The van der Waals surface area contributed by atoms with Gasteiger partial charge < -0.3 is 9.84 Å². The first-order valence-corrected chi connectivity index (χ1v) is 6.99. The first kappa shape index (κ1) is 13.5. The highest BCUT2D eigenvalue weighted by molar-refractivity contribution is 5.91. The average Bonchev–Trinajstić information content (AvgIpc) is 2.49. The molecule has 1 aliphatic carbocycles. The maximum Gasteiger partial charge on any atom is 0.339 e. The second-order valence-corrected chi connectivity index (χ2v) is 5.22. The van der Waals surface area contributed by atoms with Crippen molar-refractivity contribution in [1.82, 2.24) is 9.97 Å². The normalized spacial score (nSPS) is 13.6. The topological polar surface area (TPSA) is 72.3 Å². The summed E-state index contributed by atoms with van der Waals surface area (Å²) in [5.74, 6) is -0.206. The second kappa shape index (κ2) is 5.52. The Bertz CT molecular complexity index is 698. The lowest BCUT2D eigenvalue weighted by Gasteiger charge is -2.17. The standard InChI is InChI=1S/C16H16N2O3/c1-10-6-7-14(12(8-10)16(19)20)21-15-11-4-2-3-5-13(11)17-9-18-15/h6-9H,2-5H2,1H3,(H,19,20). The van der Waals surface area contributed by atoms with Gasteiger partial charge in [-0.2, -0.15) is 0 Å². The summed E-state index contributed by atoms with van der Waals surface area (Å²) in [7, 11) is 0. The summed E-state index contributed by atoms with van der Waals surface area (Å²) in [4.78, 5) is 19.8. The molecule has 0 atom stereocenters. The van der Waals surface area contributed by atoms with Crippen molar-refractivity contribution in [3.05, 3.63) is 46.9 Å². The molecule has 21 heavy (non-hydrogen) atoms. The first-order valence-electron chi connectivity index (χ1n) is 6.99. The van der Waals surface area contributed by atoms with Gasteiger partial charge in [0.25, 0.3) is 0 Å². The summed E-state index contributed by atoms with van der Waals surface area (Å²) >= 11 is 0. The molecular weight excluding hydrogens is 268 g/mol. The minimum Gasteiger partial charge on any atom is -0.478 e. The number of aromatic nitrogens is 2. The number of carboxylic acid groups (broad SMARTS) is 1. The predicted octanol–water partition coefficient (Wildman–Crippen LogP) is 3.15. The van der Waals surface area contributed by atoms with Crippen molar-refractivity contribution in [1.29, 1.82) is 0 Å². The molecule has 1 aliphatic rings. The van der Waals surface area contributed by atoms with Gasteiger partial charge in [0.1, 0.15) is 17.6 Å². The fourth-order valence-electron chi connectivity index (χ4n) is 2.58. The molecule has 3 rings (SSSR count). The molecule has 0 aliphatic heterocycles. The molecule has 1 aromatic carbocycles. The molecule has 0 saturated carbocycles. The predicted molar refractivity (Wildman–Crippen MR) is 76.9 cm³/mol. The Hall–Kier alpha value is -2.43. The molecule has 1 heterocycles. The number of ether oxygens (including phenoxy) is 1. The Balaban J connectivity index is 2.00. The zero-order chi connectivity index (χ0) is 14.8. The molecular formula is C16H16N2O3. The third-order valence-corrected chi connectivity index (χ3v) is 3.66. The molecule has 2 aromatic rings. The van der Waals surface area contributed by atoms with Gasteiger partial charge in [-0.1, -0.05) is 11.6 Å². The Morgan fingerprint density at radius 2 is 2.05 bits per heavy atom. The number of fused-ring (bicyclic) bond motifs is 1. The van der Waals surface area contributed by atoms with Crippen LogP contribution in [-0.2, 0) is 12.8 Å². The highest BCUT2D eigenvalue weighted by atomic mass is 16.5. The van der Waals surface area contributed by atoms with Crippen molar-refractivity contribution in [2.24, 2.45) is 0 Å². The van der Waals surface area contributed by atoms with Crippen LogP contribution in [0.1, 0.15) is 40.0 Å². The molecule has 1 N–H and O–H groups in total. The Labute approximate surface area is 122 Å². The molecule has 0 spiro atoms. The number of aromatic carboxylic acids is 1. The number of carbonyl (C=O) groups is 1. The van der Waals surface area contributed by atoms with E-state index in [0.717, 1.165) is 42.5 Å². The van der Waals surface area contributed by atoms with Crippen LogP contribution in [0.3, 0.4) is 0 Å². The lowest BCUT2D eigenvalue weighted by Crippen LogP contribution is -2.09. The Morgan fingerprint density at radius 1 is 1.24 bits per heavy atom. The summed E-state index contributed by atoms with van der Waals surface area (Å²) in [6.45, 7) is 1.85. The van der Waals surface area contributed by atoms with Crippen molar-refractivity contribution in [3.8, 4) is 11.6 Å². The summed E-state index contributed by atoms with van der Waals surface area (Å²) in [5.41, 5.74) is 3.04. The van der Waals surface area contributed by atoms with Crippen molar-refractivity contribution >= 4 is 5.97 Å². The lowest BCUT2D eigenvalue weighted by atomic mass is 9.97. The number of carboxylic acids is 1. The Morgan fingerprint density at radius 3 is 2.86 bits per heavy atom. The van der Waals surface area contributed by atoms with Gasteiger partial charge in [-0.3, -0.25) is 0 Å².